The molecule has 1 aromatic rings. The average molecular weight is 233 g/mol. The summed E-state index contributed by atoms with van der Waals surface area (Å²) in [6.07, 6.45) is 0.994. The molecule has 2 heteroatoms. The number of nitrogens with two attached hydrogens (primary N) is 1. The Kier molecular flexibility index (Phi) is 3.04. The molecule has 0 aromatic heterocycles. The van der Waals surface area contributed by atoms with Gasteiger partial charge < -0.3 is 10.8 Å². The van der Waals surface area contributed by atoms with Crippen molar-refractivity contribution in [3.63, 3.8) is 0 Å². The van der Waals surface area contributed by atoms with Gasteiger partial charge in [-0.25, -0.2) is 0 Å². The SMILES string of the molecule is CC(C)c1ccc(C2(C)CC2(CN)CO)cc1. The van der Waals surface area contributed by atoms with Gasteiger partial charge in [-0.2, -0.15) is 0 Å². The first-order valence-corrected chi connectivity index (χ1v) is 6.40. The molecule has 0 saturated heterocycles. The van der Waals surface area contributed by atoms with Gasteiger partial charge in [-0.15, -0.1) is 0 Å². The zero-order chi connectivity index (χ0) is 12.7. The minimum Gasteiger partial charge on any atom is -0.396 e. The average Bonchev–Trinajstić information content (AvgIpc) is 2.97. The quantitative estimate of drug-likeness (QED) is 0.839. The smallest absolute Gasteiger partial charge is 0.0508 e. The lowest BCUT2D eigenvalue weighted by Crippen LogP contribution is -2.27. The van der Waals surface area contributed by atoms with Gasteiger partial charge in [-0.1, -0.05) is 45.0 Å². The Hall–Kier alpha value is -0.860. The van der Waals surface area contributed by atoms with Crippen molar-refractivity contribution in [3.8, 4) is 0 Å². The topological polar surface area (TPSA) is 46.2 Å². The van der Waals surface area contributed by atoms with Crippen molar-refractivity contribution < 1.29 is 5.11 Å². The maximum Gasteiger partial charge on any atom is 0.0508 e. The summed E-state index contributed by atoms with van der Waals surface area (Å²) in [5.74, 6) is 0.563. The lowest BCUT2D eigenvalue weighted by atomic mass is 9.87. The van der Waals surface area contributed by atoms with Gasteiger partial charge in [0.05, 0.1) is 6.61 Å². The highest BCUT2D eigenvalue weighted by Gasteiger charge is 2.63. The van der Waals surface area contributed by atoms with Gasteiger partial charge in [-0.3, -0.25) is 0 Å². The van der Waals surface area contributed by atoms with E-state index in [9.17, 15) is 5.11 Å². The zero-order valence-corrected chi connectivity index (χ0v) is 11.0. The van der Waals surface area contributed by atoms with E-state index in [0.717, 1.165) is 6.42 Å². The van der Waals surface area contributed by atoms with E-state index in [1.165, 1.54) is 11.1 Å². The first kappa shape index (κ1) is 12.6. The number of benzene rings is 1. The zero-order valence-electron chi connectivity index (χ0n) is 11.0. The molecule has 94 valence electrons. The largest absolute Gasteiger partial charge is 0.396 e. The maximum absolute atomic E-state index is 9.52. The summed E-state index contributed by atoms with van der Waals surface area (Å²) < 4.78 is 0. The number of hydrogen-bond acceptors (Lipinski definition) is 2. The van der Waals surface area contributed by atoms with Gasteiger partial charge in [0.25, 0.3) is 0 Å². The first-order chi connectivity index (χ1) is 7.99. The third-order valence-corrected chi connectivity index (χ3v) is 4.65. The molecular formula is C15H23NO. The normalized spacial score (nSPS) is 31.9. The molecule has 1 aliphatic carbocycles. The molecule has 0 radical (unpaired) electrons. The molecule has 0 heterocycles. The van der Waals surface area contributed by atoms with Crippen LogP contribution in [-0.2, 0) is 5.41 Å². The second-order valence-corrected chi connectivity index (χ2v) is 5.93. The summed E-state index contributed by atoms with van der Waals surface area (Å²) in [5.41, 5.74) is 8.45. The molecule has 0 aliphatic heterocycles. The standard InChI is InChI=1S/C15H23NO/c1-11(2)12-4-6-13(7-5-12)14(3)8-15(14,9-16)10-17/h4-7,11,17H,8-10,16H2,1-3H3. The van der Waals surface area contributed by atoms with Crippen molar-refractivity contribution in [2.75, 3.05) is 13.2 Å². The van der Waals surface area contributed by atoms with E-state index >= 15 is 0 Å². The Bertz CT molecular complexity index is 392. The van der Waals surface area contributed by atoms with Gasteiger partial charge in [0.15, 0.2) is 0 Å². The van der Waals surface area contributed by atoms with E-state index in [2.05, 4.69) is 45.0 Å². The lowest BCUT2D eigenvalue weighted by Gasteiger charge is -2.20. The van der Waals surface area contributed by atoms with Crippen LogP contribution in [0.5, 0.6) is 0 Å². The summed E-state index contributed by atoms with van der Waals surface area (Å²) in [6, 6.07) is 8.79. The molecule has 0 amide bonds. The summed E-state index contributed by atoms with van der Waals surface area (Å²) in [5, 5.41) is 9.52. The number of hydrogen-bond donors (Lipinski definition) is 2. The van der Waals surface area contributed by atoms with E-state index in [1.807, 2.05) is 0 Å². The van der Waals surface area contributed by atoms with Gasteiger partial charge >= 0.3 is 0 Å². The Balaban J connectivity index is 2.25. The third kappa shape index (κ3) is 1.80. The van der Waals surface area contributed by atoms with Gasteiger partial charge in [0, 0.05) is 17.4 Å². The minimum absolute atomic E-state index is 0.0615. The Morgan fingerprint density at radius 2 is 1.88 bits per heavy atom. The van der Waals surface area contributed by atoms with Gasteiger partial charge in [0.2, 0.25) is 0 Å². The van der Waals surface area contributed by atoms with Crippen LogP contribution in [0, 0.1) is 5.41 Å². The highest BCUT2D eigenvalue weighted by molar-refractivity contribution is 5.39. The van der Waals surface area contributed by atoms with Crippen molar-refractivity contribution in [2.24, 2.45) is 11.1 Å². The molecular weight excluding hydrogens is 210 g/mol. The molecule has 1 aromatic carbocycles. The number of aliphatic hydroxyl groups is 1. The van der Waals surface area contributed by atoms with Crippen LogP contribution in [0.2, 0.25) is 0 Å². The monoisotopic (exact) mass is 233 g/mol. The van der Waals surface area contributed by atoms with Gasteiger partial charge in [-0.05, 0) is 23.5 Å². The van der Waals surface area contributed by atoms with E-state index in [4.69, 9.17) is 5.73 Å². The second-order valence-electron chi connectivity index (χ2n) is 5.93. The van der Waals surface area contributed by atoms with E-state index in [-0.39, 0.29) is 17.4 Å². The molecule has 1 aliphatic rings. The molecule has 2 rings (SSSR count). The summed E-state index contributed by atoms with van der Waals surface area (Å²) in [6.45, 7) is 7.36. The van der Waals surface area contributed by atoms with Crippen LogP contribution < -0.4 is 5.73 Å². The van der Waals surface area contributed by atoms with Crippen molar-refractivity contribution in [1.82, 2.24) is 0 Å². The number of rotatable bonds is 4. The van der Waals surface area contributed by atoms with Crippen molar-refractivity contribution in [1.29, 1.82) is 0 Å². The highest BCUT2D eigenvalue weighted by Crippen LogP contribution is 2.63. The van der Waals surface area contributed by atoms with Crippen molar-refractivity contribution >= 4 is 0 Å². The summed E-state index contributed by atoms with van der Waals surface area (Å²) >= 11 is 0. The van der Waals surface area contributed by atoms with Crippen LogP contribution >= 0.6 is 0 Å². The van der Waals surface area contributed by atoms with Crippen LogP contribution in [-0.4, -0.2) is 18.3 Å². The molecule has 2 unspecified atom stereocenters. The fourth-order valence-electron chi connectivity index (χ4n) is 2.87. The van der Waals surface area contributed by atoms with Crippen LogP contribution in [0.4, 0.5) is 0 Å². The van der Waals surface area contributed by atoms with Gasteiger partial charge in [0.1, 0.15) is 0 Å². The molecule has 17 heavy (non-hydrogen) atoms. The maximum atomic E-state index is 9.52. The number of aliphatic hydroxyl groups excluding tert-OH is 1. The molecule has 2 nitrogen and oxygen atoms in total. The fourth-order valence-corrected chi connectivity index (χ4v) is 2.87. The molecule has 0 bridgehead atoms. The van der Waals surface area contributed by atoms with Crippen LogP contribution in [0.3, 0.4) is 0 Å². The van der Waals surface area contributed by atoms with Crippen LogP contribution in [0.15, 0.2) is 24.3 Å². The minimum atomic E-state index is -0.0909. The molecule has 1 fully saturated rings. The van der Waals surface area contributed by atoms with Crippen LogP contribution in [0.25, 0.3) is 0 Å². The molecule has 3 N–H and O–H groups in total. The molecule has 0 spiro atoms. The highest BCUT2D eigenvalue weighted by atomic mass is 16.3. The summed E-state index contributed by atoms with van der Waals surface area (Å²) in [7, 11) is 0. The van der Waals surface area contributed by atoms with Crippen molar-refractivity contribution in [2.45, 2.75) is 38.5 Å². The Labute approximate surface area is 104 Å². The third-order valence-electron chi connectivity index (χ3n) is 4.65. The van der Waals surface area contributed by atoms with Crippen LogP contribution in [0.1, 0.15) is 44.2 Å². The second kappa shape index (κ2) is 4.11. The molecule has 1 saturated carbocycles. The first-order valence-electron chi connectivity index (χ1n) is 6.40. The fraction of sp³-hybridized carbons (Fsp3) is 0.600. The predicted molar refractivity (Wildman–Crippen MR) is 71.1 cm³/mol. The Morgan fingerprint density at radius 1 is 1.29 bits per heavy atom. The lowest BCUT2D eigenvalue weighted by molar-refractivity contribution is 0.198. The Morgan fingerprint density at radius 3 is 2.24 bits per heavy atom. The molecule has 2 atom stereocenters. The predicted octanol–water partition coefficient (Wildman–Crippen LogP) is 2.41. The summed E-state index contributed by atoms with van der Waals surface area (Å²) in [4.78, 5) is 0. The van der Waals surface area contributed by atoms with E-state index in [0.29, 0.717) is 12.5 Å². The van der Waals surface area contributed by atoms with E-state index in [1.54, 1.807) is 0 Å². The van der Waals surface area contributed by atoms with Crippen molar-refractivity contribution in [3.05, 3.63) is 35.4 Å². The van der Waals surface area contributed by atoms with E-state index < -0.39 is 0 Å².